The molecule has 2 aromatic carbocycles. The van der Waals surface area contributed by atoms with Crippen LogP contribution in [0.25, 0.3) is 0 Å². The van der Waals surface area contributed by atoms with Gasteiger partial charge in [0.15, 0.2) is 0 Å². The Labute approximate surface area is 171 Å². The summed E-state index contributed by atoms with van der Waals surface area (Å²) in [5.74, 6) is 0.296. The molecule has 1 atom stereocenters. The number of carbonyl (C=O) groups excluding carboxylic acids is 2. The lowest BCUT2D eigenvalue weighted by molar-refractivity contribution is -0.137. The summed E-state index contributed by atoms with van der Waals surface area (Å²) in [6.45, 7) is 1.80. The van der Waals surface area contributed by atoms with E-state index in [9.17, 15) is 9.59 Å². The van der Waals surface area contributed by atoms with E-state index in [1.54, 1.807) is 0 Å². The summed E-state index contributed by atoms with van der Waals surface area (Å²) in [7, 11) is 0. The number of hydrogen-bond donors (Lipinski definition) is 1. The van der Waals surface area contributed by atoms with Crippen molar-refractivity contribution in [2.24, 2.45) is 0 Å². The van der Waals surface area contributed by atoms with E-state index >= 15 is 0 Å². The first-order chi connectivity index (χ1) is 14.2. The second-order valence-corrected chi connectivity index (χ2v) is 8.43. The molecule has 29 heavy (non-hydrogen) atoms. The zero-order valence-electron chi connectivity index (χ0n) is 16.6. The molecule has 2 aliphatic heterocycles. The van der Waals surface area contributed by atoms with Gasteiger partial charge in [-0.15, -0.1) is 0 Å². The van der Waals surface area contributed by atoms with Crippen molar-refractivity contribution in [2.45, 2.75) is 43.6 Å². The van der Waals surface area contributed by atoms with Crippen LogP contribution in [0.3, 0.4) is 0 Å². The molecule has 0 radical (unpaired) electrons. The van der Waals surface area contributed by atoms with Crippen molar-refractivity contribution in [1.82, 2.24) is 10.2 Å². The van der Waals surface area contributed by atoms with Crippen molar-refractivity contribution in [2.75, 3.05) is 24.7 Å². The smallest absolute Gasteiger partial charge is 0.247 e. The van der Waals surface area contributed by atoms with E-state index < -0.39 is 5.54 Å². The number of para-hydroxylation sites is 1. The normalized spacial score (nSPS) is 23.0. The quantitative estimate of drug-likeness (QED) is 0.859. The lowest BCUT2D eigenvalue weighted by Gasteiger charge is -2.44. The van der Waals surface area contributed by atoms with Crippen molar-refractivity contribution in [3.63, 3.8) is 0 Å². The summed E-state index contributed by atoms with van der Waals surface area (Å²) in [6, 6.07) is 18.5. The van der Waals surface area contributed by atoms with Crippen LogP contribution >= 0.6 is 0 Å². The van der Waals surface area contributed by atoms with Gasteiger partial charge in [-0.2, -0.15) is 0 Å². The van der Waals surface area contributed by atoms with Crippen LogP contribution in [0.1, 0.15) is 42.7 Å². The fourth-order valence-electron chi connectivity index (χ4n) is 5.36. The van der Waals surface area contributed by atoms with Crippen LogP contribution in [0.4, 0.5) is 5.69 Å². The average Bonchev–Trinajstić information content (AvgIpc) is 3.09. The second-order valence-electron chi connectivity index (χ2n) is 8.43. The van der Waals surface area contributed by atoms with Crippen LogP contribution in [-0.4, -0.2) is 42.0 Å². The summed E-state index contributed by atoms with van der Waals surface area (Å²) >= 11 is 0. The number of amides is 2. The number of fused-ring (bicyclic) bond motifs is 1. The van der Waals surface area contributed by atoms with Gasteiger partial charge in [0.1, 0.15) is 5.54 Å². The van der Waals surface area contributed by atoms with Gasteiger partial charge in [0, 0.05) is 18.8 Å². The molecule has 3 aliphatic rings. The van der Waals surface area contributed by atoms with Crippen molar-refractivity contribution in [3.8, 4) is 0 Å². The number of likely N-dealkylation sites (tertiary alicyclic amines) is 1. The standard InChI is InChI=1S/C24H27N3O2/c28-22(21-12-6-8-18-7-4-5-11-20(18)21)26-15-13-24(14-16-26)23(29)25-17-27(24)19-9-2-1-3-10-19/h1-5,7,9-11,21H,6,8,12-17H2,(H,25,29). The van der Waals surface area contributed by atoms with E-state index in [0.717, 1.165) is 24.9 Å². The van der Waals surface area contributed by atoms with Gasteiger partial charge in [-0.05, 0) is 55.4 Å². The summed E-state index contributed by atoms with van der Waals surface area (Å²) in [5, 5.41) is 3.03. The highest BCUT2D eigenvalue weighted by Crippen LogP contribution is 2.38. The summed E-state index contributed by atoms with van der Waals surface area (Å²) in [4.78, 5) is 30.4. The Kier molecular flexibility index (Phi) is 4.53. The number of rotatable bonds is 2. The van der Waals surface area contributed by atoms with Gasteiger partial charge in [-0.1, -0.05) is 42.5 Å². The molecule has 0 bridgehead atoms. The molecule has 2 heterocycles. The number of nitrogens with one attached hydrogen (secondary N) is 1. The van der Waals surface area contributed by atoms with Crippen molar-refractivity contribution in [3.05, 3.63) is 65.7 Å². The summed E-state index contributed by atoms with van der Waals surface area (Å²) < 4.78 is 0. The molecule has 2 saturated heterocycles. The van der Waals surface area contributed by atoms with E-state index in [0.29, 0.717) is 32.6 Å². The van der Waals surface area contributed by atoms with Crippen LogP contribution in [-0.2, 0) is 16.0 Å². The zero-order valence-corrected chi connectivity index (χ0v) is 16.6. The lowest BCUT2D eigenvalue weighted by Crippen LogP contribution is -2.57. The van der Waals surface area contributed by atoms with E-state index in [1.807, 2.05) is 29.2 Å². The van der Waals surface area contributed by atoms with Gasteiger partial charge in [-0.25, -0.2) is 0 Å². The molecule has 1 N–H and O–H groups in total. The van der Waals surface area contributed by atoms with Crippen LogP contribution in [0.5, 0.6) is 0 Å². The van der Waals surface area contributed by atoms with Gasteiger partial charge in [0.05, 0.1) is 12.6 Å². The first-order valence-corrected chi connectivity index (χ1v) is 10.7. The Morgan fingerprint density at radius 1 is 1.00 bits per heavy atom. The van der Waals surface area contributed by atoms with E-state index in [4.69, 9.17) is 0 Å². The number of benzene rings is 2. The Morgan fingerprint density at radius 3 is 2.52 bits per heavy atom. The molecule has 1 unspecified atom stereocenters. The minimum absolute atomic E-state index is 0.0309. The predicted octanol–water partition coefficient (Wildman–Crippen LogP) is 3.06. The molecule has 0 aromatic heterocycles. The predicted molar refractivity (Wildman–Crippen MR) is 113 cm³/mol. The van der Waals surface area contributed by atoms with Gasteiger partial charge >= 0.3 is 0 Å². The van der Waals surface area contributed by atoms with Crippen molar-refractivity contribution >= 4 is 17.5 Å². The zero-order chi connectivity index (χ0) is 19.8. The molecule has 5 rings (SSSR count). The molecular formula is C24H27N3O2. The Hall–Kier alpha value is -2.82. The van der Waals surface area contributed by atoms with Gasteiger partial charge < -0.3 is 15.1 Å². The van der Waals surface area contributed by atoms with Crippen LogP contribution in [0.15, 0.2) is 54.6 Å². The molecule has 150 valence electrons. The maximum absolute atomic E-state index is 13.4. The molecule has 1 spiro atoms. The topological polar surface area (TPSA) is 52.7 Å². The van der Waals surface area contributed by atoms with Crippen LogP contribution in [0.2, 0.25) is 0 Å². The highest BCUT2D eigenvalue weighted by atomic mass is 16.2. The fraction of sp³-hybridized carbons (Fsp3) is 0.417. The molecular weight excluding hydrogens is 362 g/mol. The molecule has 2 fully saturated rings. The van der Waals surface area contributed by atoms with Gasteiger partial charge in [0.2, 0.25) is 11.8 Å². The first-order valence-electron chi connectivity index (χ1n) is 10.7. The van der Waals surface area contributed by atoms with Gasteiger partial charge in [-0.3, -0.25) is 9.59 Å². The first kappa shape index (κ1) is 18.2. The molecule has 5 nitrogen and oxygen atoms in total. The third-order valence-corrected chi connectivity index (χ3v) is 6.97. The second kappa shape index (κ2) is 7.21. The Morgan fingerprint density at radius 2 is 1.72 bits per heavy atom. The molecule has 0 saturated carbocycles. The number of aryl methyl sites for hydroxylation is 1. The van der Waals surface area contributed by atoms with Crippen LogP contribution in [0, 0.1) is 0 Å². The minimum Gasteiger partial charge on any atom is -0.342 e. The van der Waals surface area contributed by atoms with Crippen molar-refractivity contribution in [1.29, 1.82) is 0 Å². The Balaban J connectivity index is 1.34. The van der Waals surface area contributed by atoms with Crippen LogP contribution < -0.4 is 10.2 Å². The highest BCUT2D eigenvalue weighted by molar-refractivity contribution is 5.94. The van der Waals surface area contributed by atoms with Gasteiger partial charge in [0.25, 0.3) is 0 Å². The lowest BCUT2D eigenvalue weighted by atomic mass is 9.80. The largest absolute Gasteiger partial charge is 0.342 e. The molecule has 5 heteroatoms. The average molecular weight is 389 g/mol. The highest BCUT2D eigenvalue weighted by Gasteiger charge is 2.51. The fourth-order valence-corrected chi connectivity index (χ4v) is 5.36. The number of carbonyl (C=O) groups is 2. The molecule has 2 aromatic rings. The van der Waals surface area contributed by atoms with E-state index in [1.165, 1.54) is 11.1 Å². The SMILES string of the molecule is O=C(C1CCCc2ccccc21)N1CCC2(CC1)C(=O)NCN2c1ccccc1. The summed E-state index contributed by atoms with van der Waals surface area (Å²) in [6.07, 6.45) is 4.40. The van der Waals surface area contributed by atoms with E-state index in [-0.39, 0.29) is 17.7 Å². The third kappa shape index (κ3) is 3.00. The molecule has 1 aliphatic carbocycles. The Bertz CT molecular complexity index is 919. The number of anilines is 1. The number of piperidine rings is 1. The number of hydrogen-bond acceptors (Lipinski definition) is 3. The monoisotopic (exact) mass is 389 g/mol. The van der Waals surface area contributed by atoms with Crippen molar-refractivity contribution < 1.29 is 9.59 Å². The summed E-state index contributed by atoms with van der Waals surface area (Å²) in [5.41, 5.74) is 3.04. The maximum atomic E-state index is 13.4. The minimum atomic E-state index is -0.539. The molecule has 2 amide bonds. The number of nitrogens with zero attached hydrogens (tertiary/aromatic N) is 2. The van der Waals surface area contributed by atoms with E-state index in [2.05, 4.69) is 40.5 Å². The third-order valence-electron chi connectivity index (χ3n) is 6.97. The maximum Gasteiger partial charge on any atom is 0.247 e.